The average molecular weight is 380 g/mol. The average Bonchev–Trinajstić information content (AvgIpc) is 2.64. The fourth-order valence-corrected chi connectivity index (χ4v) is 2.61. The van der Waals surface area contributed by atoms with Crippen LogP contribution in [-0.2, 0) is 6.42 Å². The zero-order valence-electron chi connectivity index (χ0n) is 15.2. The molecule has 4 nitrogen and oxygen atoms in total. The van der Waals surface area contributed by atoms with Gasteiger partial charge in [0.25, 0.3) is 0 Å². The van der Waals surface area contributed by atoms with E-state index in [-0.39, 0.29) is 5.56 Å². The van der Waals surface area contributed by atoms with Gasteiger partial charge in [0.05, 0.1) is 12.6 Å². The number of aliphatic hydroxyl groups excluding tert-OH is 1. The van der Waals surface area contributed by atoms with Crippen molar-refractivity contribution in [2.75, 3.05) is 13.2 Å². The fourth-order valence-electron chi connectivity index (χ4n) is 2.61. The third-order valence-corrected chi connectivity index (χ3v) is 4.24. The number of rotatable bonds is 7. The maximum Gasteiger partial charge on any atom is 0.315 e. The molecule has 27 heavy (non-hydrogen) atoms. The Labute approximate surface area is 156 Å². The number of hydrogen-bond donors (Lipinski definition) is 3. The molecule has 0 aliphatic carbocycles. The van der Waals surface area contributed by atoms with E-state index in [1.807, 2.05) is 24.3 Å². The second-order valence-corrected chi connectivity index (χ2v) is 6.58. The van der Waals surface area contributed by atoms with E-state index in [1.54, 1.807) is 0 Å². The van der Waals surface area contributed by atoms with Gasteiger partial charge in [-0.3, -0.25) is 0 Å². The summed E-state index contributed by atoms with van der Waals surface area (Å²) in [6.45, 7) is 3.97. The molecule has 0 saturated carbocycles. The van der Waals surface area contributed by atoms with Crippen LogP contribution in [-0.4, -0.2) is 24.3 Å². The Morgan fingerprint density at radius 2 is 1.63 bits per heavy atom. The van der Waals surface area contributed by atoms with Crippen LogP contribution in [0.25, 0.3) is 0 Å². The molecular formula is C20H23F3N2O2. The molecule has 0 spiro atoms. The molecule has 146 valence electrons. The Morgan fingerprint density at radius 3 is 2.15 bits per heavy atom. The summed E-state index contributed by atoms with van der Waals surface area (Å²) in [6, 6.07) is 7.91. The lowest BCUT2D eigenvalue weighted by Crippen LogP contribution is -2.40. The minimum atomic E-state index is -1.59. The molecule has 2 rings (SSSR count). The number of hydrogen-bond acceptors (Lipinski definition) is 2. The van der Waals surface area contributed by atoms with E-state index in [1.165, 1.54) is 5.56 Å². The van der Waals surface area contributed by atoms with Gasteiger partial charge in [-0.2, -0.15) is 0 Å². The van der Waals surface area contributed by atoms with E-state index in [0.29, 0.717) is 18.9 Å². The van der Waals surface area contributed by atoms with E-state index in [9.17, 15) is 23.1 Å². The van der Waals surface area contributed by atoms with Crippen LogP contribution >= 0.6 is 0 Å². The first-order chi connectivity index (χ1) is 12.8. The number of nitrogens with one attached hydrogen (secondary N) is 2. The summed E-state index contributed by atoms with van der Waals surface area (Å²) < 4.78 is 39.7. The number of amides is 2. The SMILES string of the molecule is CC(C)c1ccc(CCNC(=O)NC(CO)c2cc(F)c(F)c(F)c2)cc1. The normalized spacial score (nSPS) is 12.1. The second-order valence-electron chi connectivity index (χ2n) is 6.58. The summed E-state index contributed by atoms with van der Waals surface area (Å²) in [7, 11) is 0. The molecule has 3 N–H and O–H groups in total. The maximum absolute atomic E-state index is 13.3. The third-order valence-electron chi connectivity index (χ3n) is 4.24. The number of benzene rings is 2. The van der Waals surface area contributed by atoms with Gasteiger partial charge in [-0.1, -0.05) is 38.1 Å². The van der Waals surface area contributed by atoms with Crippen LogP contribution in [0.2, 0.25) is 0 Å². The molecule has 0 aliphatic rings. The predicted molar refractivity (Wildman–Crippen MR) is 96.9 cm³/mol. The zero-order valence-corrected chi connectivity index (χ0v) is 15.2. The van der Waals surface area contributed by atoms with E-state index >= 15 is 0 Å². The van der Waals surface area contributed by atoms with Crippen molar-refractivity contribution in [1.82, 2.24) is 10.6 Å². The first-order valence-corrected chi connectivity index (χ1v) is 8.70. The van der Waals surface area contributed by atoms with Crippen LogP contribution in [0.15, 0.2) is 36.4 Å². The number of carbonyl (C=O) groups is 1. The smallest absolute Gasteiger partial charge is 0.315 e. The predicted octanol–water partition coefficient (Wildman–Crippen LogP) is 3.80. The number of aliphatic hydroxyl groups is 1. The molecule has 2 amide bonds. The summed E-state index contributed by atoms with van der Waals surface area (Å²) >= 11 is 0. The minimum absolute atomic E-state index is 0.0617. The first-order valence-electron chi connectivity index (χ1n) is 8.70. The Balaban J connectivity index is 1.88. The molecule has 2 aromatic carbocycles. The summed E-state index contributed by atoms with van der Waals surface area (Å²) in [5.74, 6) is -3.91. The monoisotopic (exact) mass is 380 g/mol. The number of halogens is 3. The van der Waals surface area contributed by atoms with Crippen LogP contribution in [0.1, 0.15) is 42.5 Å². The molecule has 2 aromatic rings. The van der Waals surface area contributed by atoms with Crippen molar-refractivity contribution >= 4 is 6.03 Å². The van der Waals surface area contributed by atoms with Crippen molar-refractivity contribution in [3.63, 3.8) is 0 Å². The Kier molecular flexibility index (Phi) is 7.24. The van der Waals surface area contributed by atoms with E-state index in [0.717, 1.165) is 17.7 Å². The van der Waals surface area contributed by atoms with Gasteiger partial charge >= 0.3 is 6.03 Å². The van der Waals surface area contributed by atoms with E-state index < -0.39 is 36.1 Å². The summed E-state index contributed by atoms with van der Waals surface area (Å²) in [5.41, 5.74) is 2.23. The standard InChI is InChI=1S/C20H23F3N2O2/c1-12(2)14-5-3-13(4-6-14)7-8-24-20(27)25-18(11-26)15-9-16(21)19(23)17(22)10-15/h3-6,9-10,12,18,26H,7-8,11H2,1-2H3,(H2,24,25,27). The van der Waals surface area contributed by atoms with Crippen LogP contribution in [0.5, 0.6) is 0 Å². The highest BCUT2D eigenvalue weighted by molar-refractivity contribution is 5.74. The van der Waals surface area contributed by atoms with Gasteiger partial charge in [0.15, 0.2) is 17.5 Å². The van der Waals surface area contributed by atoms with Crippen molar-refractivity contribution in [3.8, 4) is 0 Å². The molecule has 7 heteroatoms. The van der Waals surface area contributed by atoms with Gasteiger partial charge < -0.3 is 15.7 Å². The highest BCUT2D eigenvalue weighted by atomic mass is 19.2. The van der Waals surface area contributed by atoms with Crippen LogP contribution < -0.4 is 10.6 Å². The first kappa shape index (κ1) is 20.8. The van der Waals surface area contributed by atoms with Crippen molar-refractivity contribution in [1.29, 1.82) is 0 Å². The topological polar surface area (TPSA) is 61.4 Å². The number of urea groups is 1. The third kappa shape index (κ3) is 5.72. The summed E-state index contributed by atoms with van der Waals surface area (Å²) in [6.07, 6.45) is 0.607. The lowest BCUT2D eigenvalue weighted by Gasteiger charge is -2.18. The van der Waals surface area contributed by atoms with Crippen LogP contribution in [0.3, 0.4) is 0 Å². The quantitative estimate of drug-likeness (QED) is 0.640. The molecule has 0 fully saturated rings. The van der Waals surface area contributed by atoms with E-state index in [4.69, 9.17) is 0 Å². The lowest BCUT2D eigenvalue weighted by molar-refractivity contribution is 0.216. The minimum Gasteiger partial charge on any atom is -0.394 e. The largest absolute Gasteiger partial charge is 0.394 e. The van der Waals surface area contributed by atoms with Gasteiger partial charge in [-0.05, 0) is 41.2 Å². The van der Waals surface area contributed by atoms with Gasteiger partial charge in [-0.25, -0.2) is 18.0 Å². The van der Waals surface area contributed by atoms with Crippen LogP contribution in [0, 0.1) is 17.5 Å². The van der Waals surface area contributed by atoms with Crippen molar-refractivity contribution in [3.05, 3.63) is 70.5 Å². The van der Waals surface area contributed by atoms with Gasteiger partial charge in [0.1, 0.15) is 0 Å². The van der Waals surface area contributed by atoms with Gasteiger partial charge in [0.2, 0.25) is 0 Å². The molecular weight excluding hydrogens is 357 g/mol. The van der Waals surface area contributed by atoms with Crippen LogP contribution in [0.4, 0.5) is 18.0 Å². The second kappa shape index (κ2) is 9.41. The van der Waals surface area contributed by atoms with Crippen molar-refractivity contribution in [2.45, 2.75) is 32.2 Å². The molecule has 0 aromatic heterocycles. The Hall–Kier alpha value is -2.54. The lowest BCUT2D eigenvalue weighted by atomic mass is 10.0. The molecule has 1 unspecified atom stereocenters. The molecule has 0 radical (unpaired) electrons. The molecule has 0 saturated heterocycles. The highest BCUT2D eigenvalue weighted by Gasteiger charge is 2.18. The maximum atomic E-state index is 13.3. The summed E-state index contributed by atoms with van der Waals surface area (Å²) in [5, 5.41) is 14.4. The molecule has 0 heterocycles. The zero-order chi connectivity index (χ0) is 20.0. The highest BCUT2D eigenvalue weighted by Crippen LogP contribution is 2.19. The van der Waals surface area contributed by atoms with Crippen molar-refractivity contribution < 1.29 is 23.1 Å². The van der Waals surface area contributed by atoms with Gasteiger partial charge in [-0.15, -0.1) is 0 Å². The van der Waals surface area contributed by atoms with E-state index in [2.05, 4.69) is 24.5 Å². The molecule has 0 aliphatic heterocycles. The van der Waals surface area contributed by atoms with Crippen molar-refractivity contribution in [2.24, 2.45) is 0 Å². The molecule has 0 bridgehead atoms. The molecule has 1 atom stereocenters. The fraction of sp³-hybridized carbons (Fsp3) is 0.350. The summed E-state index contributed by atoms with van der Waals surface area (Å²) in [4.78, 5) is 12.0. The Morgan fingerprint density at radius 1 is 1.04 bits per heavy atom. The Bertz CT molecular complexity index is 756. The van der Waals surface area contributed by atoms with Gasteiger partial charge in [0, 0.05) is 6.54 Å². The number of carbonyl (C=O) groups excluding carboxylic acids is 1.